The van der Waals surface area contributed by atoms with Gasteiger partial charge in [0.25, 0.3) is 0 Å². The standard InChI is InChI=1S/C18H21NO5S2/c1-24-14-4-2-13(3-5-14)15-6-7-16(25-15)18(12-17(20)21)8-9-19-10-11-26(18,22)23/h2-7,19H,8-12H2,1H3,(H,20,21). The third kappa shape index (κ3) is 3.49. The molecule has 1 aliphatic heterocycles. The van der Waals surface area contributed by atoms with Crippen LogP contribution in [-0.4, -0.2) is 45.4 Å². The minimum absolute atomic E-state index is 0.0595. The van der Waals surface area contributed by atoms with E-state index < -0.39 is 27.0 Å². The van der Waals surface area contributed by atoms with Gasteiger partial charge < -0.3 is 15.2 Å². The molecule has 26 heavy (non-hydrogen) atoms. The van der Waals surface area contributed by atoms with Gasteiger partial charge in [-0.3, -0.25) is 4.79 Å². The molecular formula is C18H21NO5S2. The zero-order chi connectivity index (χ0) is 18.8. The van der Waals surface area contributed by atoms with E-state index in [-0.39, 0.29) is 12.2 Å². The monoisotopic (exact) mass is 395 g/mol. The Kier molecular flexibility index (Phi) is 5.36. The van der Waals surface area contributed by atoms with Gasteiger partial charge >= 0.3 is 5.97 Å². The molecule has 3 rings (SSSR count). The van der Waals surface area contributed by atoms with Crippen molar-refractivity contribution in [3.63, 3.8) is 0 Å². The van der Waals surface area contributed by atoms with Crippen LogP contribution in [0.2, 0.25) is 0 Å². The fourth-order valence-electron chi connectivity index (χ4n) is 3.27. The molecule has 140 valence electrons. The molecule has 0 saturated carbocycles. The van der Waals surface area contributed by atoms with Crippen molar-refractivity contribution in [2.45, 2.75) is 17.6 Å². The molecular weight excluding hydrogens is 374 g/mol. The third-order valence-electron chi connectivity index (χ3n) is 4.71. The summed E-state index contributed by atoms with van der Waals surface area (Å²) in [6, 6.07) is 11.1. The number of hydrogen-bond donors (Lipinski definition) is 2. The zero-order valence-corrected chi connectivity index (χ0v) is 16.0. The highest BCUT2D eigenvalue weighted by atomic mass is 32.2. The van der Waals surface area contributed by atoms with Gasteiger partial charge in [-0.2, -0.15) is 0 Å². The Morgan fingerprint density at radius 2 is 1.96 bits per heavy atom. The number of methoxy groups -OCH3 is 1. The Bertz CT molecular complexity index is 889. The second kappa shape index (κ2) is 7.38. The SMILES string of the molecule is COc1ccc(-c2ccc(C3(CC(=O)O)CCNCCS3(=O)=O)s2)cc1. The lowest BCUT2D eigenvalue weighted by Crippen LogP contribution is -2.39. The molecule has 0 amide bonds. The summed E-state index contributed by atoms with van der Waals surface area (Å²) in [5.41, 5.74) is 0.941. The second-order valence-electron chi connectivity index (χ2n) is 6.28. The van der Waals surface area contributed by atoms with Crippen molar-refractivity contribution in [2.75, 3.05) is 26.0 Å². The maximum absolute atomic E-state index is 13.0. The largest absolute Gasteiger partial charge is 0.497 e. The molecule has 2 aromatic rings. The lowest BCUT2D eigenvalue weighted by molar-refractivity contribution is -0.137. The number of rotatable bonds is 5. The number of nitrogens with one attached hydrogen (secondary N) is 1. The summed E-state index contributed by atoms with van der Waals surface area (Å²) in [5.74, 6) is -0.420. The van der Waals surface area contributed by atoms with Crippen molar-refractivity contribution in [1.29, 1.82) is 0 Å². The highest BCUT2D eigenvalue weighted by Gasteiger charge is 2.48. The van der Waals surface area contributed by atoms with Crippen LogP contribution in [0, 0.1) is 0 Å². The molecule has 0 aliphatic carbocycles. The van der Waals surface area contributed by atoms with Crippen LogP contribution in [-0.2, 0) is 19.4 Å². The molecule has 1 aromatic heterocycles. The summed E-state index contributed by atoms with van der Waals surface area (Å²) in [5, 5.41) is 12.5. The Morgan fingerprint density at radius 1 is 1.23 bits per heavy atom. The molecule has 2 N–H and O–H groups in total. The first-order chi connectivity index (χ1) is 12.4. The van der Waals surface area contributed by atoms with Gasteiger partial charge in [0.15, 0.2) is 9.84 Å². The molecule has 0 bridgehead atoms. The maximum atomic E-state index is 13.0. The van der Waals surface area contributed by atoms with Crippen LogP contribution in [0.4, 0.5) is 0 Å². The normalized spacial score (nSPS) is 22.5. The molecule has 1 fully saturated rings. The summed E-state index contributed by atoms with van der Waals surface area (Å²) < 4.78 is 29.7. The number of carboxylic acid groups (broad SMARTS) is 1. The average molecular weight is 396 g/mol. The topological polar surface area (TPSA) is 92.7 Å². The van der Waals surface area contributed by atoms with Crippen LogP contribution in [0.15, 0.2) is 36.4 Å². The molecule has 1 atom stereocenters. The van der Waals surface area contributed by atoms with Crippen molar-refractivity contribution in [2.24, 2.45) is 0 Å². The van der Waals surface area contributed by atoms with Crippen LogP contribution in [0.3, 0.4) is 0 Å². The lowest BCUT2D eigenvalue weighted by Gasteiger charge is -2.29. The minimum Gasteiger partial charge on any atom is -0.497 e. The van der Waals surface area contributed by atoms with Gasteiger partial charge in [0.05, 0.1) is 19.3 Å². The Hall–Kier alpha value is -1.90. The van der Waals surface area contributed by atoms with E-state index in [1.165, 1.54) is 11.3 Å². The van der Waals surface area contributed by atoms with Crippen molar-refractivity contribution in [3.8, 4) is 16.2 Å². The fourth-order valence-corrected chi connectivity index (χ4v) is 6.84. The van der Waals surface area contributed by atoms with Crippen molar-refractivity contribution in [3.05, 3.63) is 41.3 Å². The number of ether oxygens (including phenoxy) is 1. The van der Waals surface area contributed by atoms with Crippen LogP contribution in [0.1, 0.15) is 17.7 Å². The maximum Gasteiger partial charge on any atom is 0.305 e. The van der Waals surface area contributed by atoms with E-state index >= 15 is 0 Å². The van der Waals surface area contributed by atoms with Gasteiger partial charge in [-0.15, -0.1) is 11.3 Å². The highest BCUT2D eigenvalue weighted by Crippen LogP contribution is 2.44. The van der Waals surface area contributed by atoms with Crippen LogP contribution >= 0.6 is 11.3 Å². The highest BCUT2D eigenvalue weighted by molar-refractivity contribution is 7.92. The number of sulfone groups is 1. The molecule has 1 unspecified atom stereocenters. The summed E-state index contributed by atoms with van der Waals surface area (Å²) in [7, 11) is -2.01. The van der Waals surface area contributed by atoms with Crippen LogP contribution in [0.5, 0.6) is 5.75 Å². The minimum atomic E-state index is -3.60. The molecule has 0 radical (unpaired) electrons. The molecule has 1 saturated heterocycles. The number of thiophene rings is 1. The lowest BCUT2D eigenvalue weighted by atomic mass is 9.98. The van der Waals surface area contributed by atoms with E-state index in [9.17, 15) is 18.3 Å². The summed E-state index contributed by atoms with van der Waals surface area (Å²) in [6.07, 6.45) is -0.163. The number of hydrogen-bond acceptors (Lipinski definition) is 6. The first-order valence-electron chi connectivity index (χ1n) is 8.27. The predicted octanol–water partition coefficient (Wildman–Crippen LogP) is 2.50. The zero-order valence-electron chi connectivity index (χ0n) is 14.4. The van der Waals surface area contributed by atoms with E-state index in [0.29, 0.717) is 18.0 Å². The van der Waals surface area contributed by atoms with Crippen LogP contribution in [0.25, 0.3) is 10.4 Å². The molecule has 8 heteroatoms. The first-order valence-corrected chi connectivity index (χ1v) is 10.7. The number of carbonyl (C=O) groups is 1. The van der Waals surface area contributed by atoms with Gasteiger partial charge in [0.2, 0.25) is 0 Å². The number of aliphatic carboxylic acids is 1. The summed E-state index contributed by atoms with van der Waals surface area (Å²) in [6.45, 7) is 0.822. The Morgan fingerprint density at radius 3 is 2.62 bits per heavy atom. The van der Waals surface area contributed by atoms with Crippen molar-refractivity contribution >= 4 is 27.1 Å². The van der Waals surface area contributed by atoms with Gasteiger partial charge in [-0.25, -0.2) is 8.42 Å². The van der Waals surface area contributed by atoms with Crippen molar-refractivity contribution < 1.29 is 23.1 Å². The first kappa shape index (κ1) is 18.9. The quantitative estimate of drug-likeness (QED) is 0.808. The van der Waals surface area contributed by atoms with Gasteiger partial charge in [-0.05, 0) is 54.9 Å². The van der Waals surface area contributed by atoms with E-state index in [1.54, 1.807) is 13.2 Å². The van der Waals surface area contributed by atoms with Gasteiger partial charge in [0, 0.05) is 16.3 Å². The van der Waals surface area contributed by atoms with E-state index in [2.05, 4.69) is 5.32 Å². The fraction of sp³-hybridized carbons (Fsp3) is 0.389. The van der Waals surface area contributed by atoms with Gasteiger partial charge in [0.1, 0.15) is 10.5 Å². The summed E-state index contributed by atoms with van der Waals surface area (Å²) in [4.78, 5) is 13.0. The third-order valence-corrected chi connectivity index (χ3v) is 8.68. The Labute approximate surface area is 156 Å². The van der Waals surface area contributed by atoms with E-state index in [1.807, 2.05) is 30.3 Å². The molecule has 1 aliphatic rings. The number of carboxylic acids is 1. The molecule has 6 nitrogen and oxygen atoms in total. The molecule has 1 aromatic carbocycles. The Balaban J connectivity index is 2.05. The molecule has 2 heterocycles. The smallest absolute Gasteiger partial charge is 0.305 e. The molecule has 0 spiro atoms. The second-order valence-corrected chi connectivity index (χ2v) is 9.78. The average Bonchev–Trinajstić information content (AvgIpc) is 3.05. The van der Waals surface area contributed by atoms with Crippen LogP contribution < -0.4 is 10.1 Å². The van der Waals surface area contributed by atoms with E-state index in [4.69, 9.17) is 4.74 Å². The van der Waals surface area contributed by atoms with E-state index in [0.717, 1.165) is 16.2 Å². The van der Waals surface area contributed by atoms with Crippen molar-refractivity contribution in [1.82, 2.24) is 5.32 Å². The number of benzene rings is 1. The predicted molar refractivity (Wildman–Crippen MR) is 102 cm³/mol. The van der Waals surface area contributed by atoms with Gasteiger partial charge in [-0.1, -0.05) is 0 Å². The summed E-state index contributed by atoms with van der Waals surface area (Å²) >= 11 is 1.35.